The number of ether oxygens (including phenoxy) is 2. The van der Waals surface area contributed by atoms with Crippen molar-refractivity contribution in [1.29, 1.82) is 0 Å². The fourth-order valence-electron chi connectivity index (χ4n) is 2.11. The molecule has 0 heterocycles. The monoisotopic (exact) mass is 258 g/mol. The van der Waals surface area contributed by atoms with E-state index in [1.54, 1.807) is 7.11 Å². The Bertz CT molecular complexity index is 121. The molecule has 0 saturated carbocycles. The molecule has 0 fully saturated rings. The number of methoxy groups -OCH3 is 1. The minimum absolute atomic E-state index is 0.720. The zero-order valence-electron chi connectivity index (χ0n) is 12.7. The first-order valence-electron chi connectivity index (χ1n) is 7.98. The van der Waals surface area contributed by atoms with Gasteiger partial charge in [-0.1, -0.05) is 71.1 Å². The Balaban J connectivity index is 2.86. The van der Waals surface area contributed by atoms with Crippen molar-refractivity contribution in [1.82, 2.24) is 0 Å². The zero-order valence-corrected chi connectivity index (χ0v) is 12.7. The Hall–Kier alpha value is -0.0800. The largest absolute Gasteiger partial charge is 0.382 e. The topological polar surface area (TPSA) is 18.5 Å². The van der Waals surface area contributed by atoms with Gasteiger partial charge in [0, 0.05) is 13.7 Å². The molecule has 0 aromatic carbocycles. The summed E-state index contributed by atoms with van der Waals surface area (Å²) in [5.41, 5.74) is 0. The van der Waals surface area contributed by atoms with E-state index in [0.29, 0.717) is 0 Å². The molecule has 0 unspecified atom stereocenters. The maximum atomic E-state index is 5.43. The van der Waals surface area contributed by atoms with Crippen molar-refractivity contribution < 1.29 is 9.47 Å². The summed E-state index contributed by atoms with van der Waals surface area (Å²) in [6, 6.07) is 0. The van der Waals surface area contributed by atoms with Gasteiger partial charge in [-0.25, -0.2) is 0 Å². The van der Waals surface area contributed by atoms with Crippen molar-refractivity contribution in [2.45, 2.75) is 77.6 Å². The maximum absolute atomic E-state index is 5.43. The molecule has 0 N–H and O–H groups in total. The normalized spacial score (nSPS) is 11.0. The van der Waals surface area contributed by atoms with E-state index in [-0.39, 0.29) is 0 Å². The summed E-state index contributed by atoms with van der Waals surface area (Å²) in [7, 11) is 1.71. The SMILES string of the molecule is CCCCCCCCCCCCCOCCOC. The number of unbranched alkanes of at least 4 members (excludes halogenated alkanes) is 10. The Kier molecular flexibility index (Phi) is 16.8. The molecule has 0 spiro atoms. The average Bonchev–Trinajstić information content (AvgIpc) is 2.39. The van der Waals surface area contributed by atoms with Crippen LogP contribution in [0.3, 0.4) is 0 Å². The molecule has 2 nitrogen and oxygen atoms in total. The van der Waals surface area contributed by atoms with E-state index in [0.717, 1.165) is 19.8 Å². The molecule has 0 atom stereocenters. The number of hydrogen-bond donors (Lipinski definition) is 0. The Labute approximate surface area is 114 Å². The second-order valence-corrected chi connectivity index (χ2v) is 5.14. The van der Waals surface area contributed by atoms with Gasteiger partial charge < -0.3 is 9.47 Å². The van der Waals surface area contributed by atoms with Gasteiger partial charge in [-0.05, 0) is 6.42 Å². The lowest BCUT2D eigenvalue weighted by atomic mass is 10.1. The van der Waals surface area contributed by atoms with E-state index >= 15 is 0 Å². The van der Waals surface area contributed by atoms with E-state index in [1.165, 1.54) is 70.6 Å². The smallest absolute Gasteiger partial charge is 0.0700 e. The second-order valence-electron chi connectivity index (χ2n) is 5.14. The molecule has 0 radical (unpaired) electrons. The van der Waals surface area contributed by atoms with Crippen molar-refractivity contribution in [2.24, 2.45) is 0 Å². The molecule has 0 rings (SSSR count). The Morgan fingerprint density at radius 2 is 1.06 bits per heavy atom. The molecule has 0 saturated heterocycles. The molecule has 0 aliphatic carbocycles. The third kappa shape index (κ3) is 15.9. The molecular weight excluding hydrogens is 224 g/mol. The molecule has 0 aliphatic heterocycles. The molecule has 18 heavy (non-hydrogen) atoms. The van der Waals surface area contributed by atoms with Crippen LogP contribution in [-0.2, 0) is 9.47 Å². The van der Waals surface area contributed by atoms with Gasteiger partial charge in [-0.3, -0.25) is 0 Å². The molecule has 0 aromatic rings. The van der Waals surface area contributed by atoms with Crippen molar-refractivity contribution >= 4 is 0 Å². The highest BCUT2D eigenvalue weighted by atomic mass is 16.5. The van der Waals surface area contributed by atoms with Gasteiger partial charge in [0.1, 0.15) is 0 Å². The van der Waals surface area contributed by atoms with Crippen LogP contribution in [0.25, 0.3) is 0 Å². The van der Waals surface area contributed by atoms with Crippen molar-refractivity contribution in [2.75, 3.05) is 26.9 Å². The fraction of sp³-hybridized carbons (Fsp3) is 1.00. The fourth-order valence-corrected chi connectivity index (χ4v) is 2.11. The molecule has 2 heteroatoms. The van der Waals surface area contributed by atoms with Crippen molar-refractivity contribution in [3.63, 3.8) is 0 Å². The van der Waals surface area contributed by atoms with Gasteiger partial charge in [0.15, 0.2) is 0 Å². The van der Waals surface area contributed by atoms with Crippen LogP contribution in [0.1, 0.15) is 77.6 Å². The Morgan fingerprint density at radius 1 is 0.556 bits per heavy atom. The van der Waals surface area contributed by atoms with Crippen LogP contribution in [0.15, 0.2) is 0 Å². The lowest BCUT2D eigenvalue weighted by Crippen LogP contribution is -2.02. The molecule has 110 valence electrons. The predicted octanol–water partition coefficient (Wildman–Crippen LogP) is 4.96. The van der Waals surface area contributed by atoms with Crippen molar-refractivity contribution in [3.8, 4) is 0 Å². The lowest BCUT2D eigenvalue weighted by Gasteiger charge is -2.04. The highest BCUT2D eigenvalue weighted by Crippen LogP contribution is 2.11. The molecule has 0 amide bonds. The van der Waals surface area contributed by atoms with Crippen LogP contribution < -0.4 is 0 Å². The molecule has 0 aromatic heterocycles. The first kappa shape index (κ1) is 17.9. The van der Waals surface area contributed by atoms with Gasteiger partial charge in [0.25, 0.3) is 0 Å². The van der Waals surface area contributed by atoms with Crippen LogP contribution in [0, 0.1) is 0 Å². The van der Waals surface area contributed by atoms with Crippen LogP contribution in [-0.4, -0.2) is 26.9 Å². The summed E-state index contributed by atoms with van der Waals surface area (Å²) >= 11 is 0. The quantitative estimate of drug-likeness (QED) is 0.386. The van der Waals surface area contributed by atoms with Gasteiger partial charge >= 0.3 is 0 Å². The van der Waals surface area contributed by atoms with Gasteiger partial charge in [-0.2, -0.15) is 0 Å². The van der Waals surface area contributed by atoms with Gasteiger partial charge in [0.05, 0.1) is 13.2 Å². The number of rotatable bonds is 15. The second kappa shape index (κ2) is 16.9. The average molecular weight is 258 g/mol. The van der Waals surface area contributed by atoms with E-state index in [1.807, 2.05) is 0 Å². The minimum Gasteiger partial charge on any atom is -0.382 e. The van der Waals surface area contributed by atoms with Crippen LogP contribution in [0.2, 0.25) is 0 Å². The summed E-state index contributed by atoms with van der Waals surface area (Å²) in [6.45, 7) is 4.64. The summed E-state index contributed by atoms with van der Waals surface area (Å²) in [6.07, 6.45) is 15.3. The summed E-state index contributed by atoms with van der Waals surface area (Å²) in [5.74, 6) is 0. The summed E-state index contributed by atoms with van der Waals surface area (Å²) in [4.78, 5) is 0. The maximum Gasteiger partial charge on any atom is 0.0700 e. The van der Waals surface area contributed by atoms with E-state index in [2.05, 4.69) is 6.92 Å². The molecular formula is C16H34O2. The first-order chi connectivity index (χ1) is 8.91. The highest BCUT2D eigenvalue weighted by Gasteiger charge is 1.93. The molecule has 0 aliphatic rings. The minimum atomic E-state index is 0.720. The number of hydrogen-bond acceptors (Lipinski definition) is 2. The standard InChI is InChI=1S/C16H34O2/c1-3-4-5-6-7-8-9-10-11-12-13-14-18-16-15-17-2/h3-16H2,1-2H3. The van der Waals surface area contributed by atoms with Gasteiger partial charge in [0.2, 0.25) is 0 Å². The van der Waals surface area contributed by atoms with Crippen LogP contribution in [0.4, 0.5) is 0 Å². The zero-order chi connectivity index (χ0) is 13.3. The van der Waals surface area contributed by atoms with Gasteiger partial charge in [-0.15, -0.1) is 0 Å². The van der Waals surface area contributed by atoms with E-state index in [9.17, 15) is 0 Å². The summed E-state index contributed by atoms with van der Waals surface area (Å²) < 4.78 is 10.4. The first-order valence-corrected chi connectivity index (χ1v) is 7.98. The van der Waals surface area contributed by atoms with Crippen LogP contribution >= 0.6 is 0 Å². The predicted molar refractivity (Wildman–Crippen MR) is 79.2 cm³/mol. The lowest BCUT2D eigenvalue weighted by molar-refractivity contribution is 0.0685. The third-order valence-corrected chi connectivity index (χ3v) is 3.32. The van der Waals surface area contributed by atoms with Crippen molar-refractivity contribution in [3.05, 3.63) is 0 Å². The molecule has 0 bridgehead atoms. The van der Waals surface area contributed by atoms with E-state index in [4.69, 9.17) is 9.47 Å². The Morgan fingerprint density at radius 3 is 1.56 bits per heavy atom. The van der Waals surface area contributed by atoms with E-state index < -0.39 is 0 Å². The van der Waals surface area contributed by atoms with Crippen LogP contribution in [0.5, 0.6) is 0 Å². The third-order valence-electron chi connectivity index (χ3n) is 3.32. The summed E-state index contributed by atoms with van der Waals surface area (Å²) in [5, 5.41) is 0. The highest BCUT2D eigenvalue weighted by molar-refractivity contribution is 4.47.